The van der Waals surface area contributed by atoms with Gasteiger partial charge in [-0.3, -0.25) is 14.7 Å². The topological polar surface area (TPSA) is 106 Å². The number of carbonyl (C=O) groups is 1. The SMILES string of the molecule is Cc1ccc(=O)n(CC(=O)N2CCO[C@@H](c3n[nH]c(C)n3)C2)n1. The Hall–Kier alpha value is -2.55. The molecule has 1 fully saturated rings. The van der Waals surface area contributed by atoms with E-state index in [-0.39, 0.29) is 24.1 Å². The third-order valence-electron chi connectivity index (χ3n) is 3.61. The quantitative estimate of drug-likeness (QED) is 0.824. The van der Waals surface area contributed by atoms with E-state index < -0.39 is 0 Å². The molecule has 0 spiro atoms. The number of rotatable bonds is 3. The number of morpholine rings is 1. The molecule has 0 aliphatic carbocycles. The van der Waals surface area contributed by atoms with Gasteiger partial charge >= 0.3 is 0 Å². The monoisotopic (exact) mass is 318 g/mol. The van der Waals surface area contributed by atoms with Gasteiger partial charge in [-0.05, 0) is 19.9 Å². The van der Waals surface area contributed by atoms with Crippen molar-refractivity contribution in [3.05, 3.63) is 39.8 Å². The molecular weight excluding hydrogens is 300 g/mol. The number of carbonyl (C=O) groups excluding carboxylic acids is 1. The Morgan fingerprint density at radius 1 is 1.43 bits per heavy atom. The molecule has 9 nitrogen and oxygen atoms in total. The van der Waals surface area contributed by atoms with Crippen molar-refractivity contribution in [1.29, 1.82) is 0 Å². The maximum Gasteiger partial charge on any atom is 0.267 e. The Morgan fingerprint density at radius 3 is 3.00 bits per heavy atom. The summed E-state index contributed by atoms with van der Waals surface area (Å²) >= 11 is 0. The van der Waals surface area contributed by atoms with Crippen molar-refractivity contribution in [2.24, 2.45) is 0 Å². The van der Waals surface area contributed by atoms with Crippen LogP contribution >= 0.6 is 0 Å². The zero-order valence-electron chi connectivity index (χ0n) is 13.0. The largest absolute Gasteiger partial charge is 0.366 e. The van der Waals surface area contributed by atoms with Gasteiger partial charge in [0.15, 0.2) is 5.82 Å². The Kier molecular flexibility index (Phi) is 4.20. The zero-order valence-corrected chi connectivity index (χ0v) is 13.0. The maximum absolute atomic E-state index is 12.4. The fourth-order valence-corrected chi connectivity index (χ4v) is 2.43. The number of hydrogen-bond acceptors (Lipinski definition) is 6. The first-order chi connectivity index (χ1) is 11.0. The zero-order chi connectivity index (χ0) is 16.4. The molecular formula is C14H18N6O3. The molecule has 1 saturated heterocycles. The lowest BCUT2D eigenvalue weighted by molar-refractivity contribution is -0.140. The van der Waals surface area contributed by atoms with Crippen molar-refractivity contribution in [3.63, 3.8) is 0 Å². The van der Waals surface area contributed by atoms with E-state index >= 15 is 0 Å². The number of nitrogens with zero attached hydrogens (tertiary/aromatic N) is 5. The molecule has 1 amide bonds. The van der Waals surface area contributed by atoms with Crippen molar-refractivity contribution in [1.82, 2.24) is 29.9 Å². The summed E-state index contributed by atoms with van der Waals surface area (Å²) in [6, 6.07) is 3.04. The van der Waals surface area contributed by atoms with Crippen LogP contribution in [0.5, 0.6) is 0 Å². The van der Waals surface area contributed by atoms with Crippen LogP contribution in [-0.2, 0) is 16.1 Å². The number of aryl methyl sites for hydroxylation is 2. The highest BCUT2D eigenvalue weighted by molar-refractivity contribution is 5.76. The molecule has 3 heterocycles. The Labute approximate surface area is 132 Å². The number of amides is 1. The highest BCUT2D eigenvalue weighted by Gasteiger charge is 2.28. The summed E-state index contributed by atoms with van der Waals surface area (Å²) in [4.78, 5) is 30.1. The molecule has 2 aromatic rings. The van der Waals surface area contributed by atoms with Gasteiger partial charge < -0.3 is 9.64 Å². The summed E-state index contributed by atoms with van der Waals surface area (Å²) in [7, 11) is 0. The molecule has 9 heteroatoms. The number of aromatic nitrogens is 5. The second-order valence-electron chi connectivity index (χ2n) is 5.45. The van der Waals surface area contributed by atoms with E-state index in [0.717, 1.165) is 0 Å². The van der Waals surface area contributed by atoms with Gasteiger partial charge in [-0.15, -0.1) is 0 Å². The number of ether oxygens (including phenoxy) is 1. The van der Waals surface area contributed by atoms with Crippen LogP contribution in [0.2, 0.25) is 0 Å². The van der Waals surface area contributed by atoms with Gasteiger partial charge in [0.05, 0.1) is 18.8 Å². The van der Waals surface area contributed by atoms with E-state index in [1.807, 2.05) is 0 Å². The summed E-state index contributed by atoms with van der Waals surface area (Å²) in [5, 5.41) is 10.9. The average molecular weight is 318 g/mol. The minimum atomic E-state index is -0.361. The fourth-order valence-electron chi connectivity index (χ4n) is 2.43. The summed E-state index contributed by atoms with van der Waals surface area (Å²) in [5.41, 5.74) is 0.395. The molecule has 1 aliphatic rings. The van der Waals surface area contributed by atoms with Crippen LogP contribution in [-0.4, -0.2) is 55.5 Å². The first-order valence-corrected chi connectivity index (χ1v) is 7.36. The van der Waals surface area contributed by atoms with Crippen molar-refractivity contribution in [2.75, 3.05) is 19.7 Å². The van der Waals surface area contributed by atoms with Gasteiger partial charge in [0.2, 0.25) is 5.91 Å². The summed E-state index contributed by atoms with van der Waals surface area (Å²) in [6.45, 7) is 4.73. The highest BCUT2D eigenvalue weighted by Crippen LogP contribution is 2.19. The Morgan fingerprint density at radius 2 is 2.26 bits per heavy atom. The van der Waals surface area contributed by atoms with Gasteiger partial charge in [0.1, 0.15) is 18.5 Å². The standard InChI is InChI=1S/C14H18N6O3/c1-9-3-4-12(21)20(18-9)8-13(22)19-5-6-23-11(7-19)14-15-10(2)16-17-14/h3-4,11H,5-8H2,1-2H3,(H,15,16,17)/t11-/m1/s1. The summed E-state index contributed by atoms with van der Waals surface area (Å²) in [6.07, 6.45) is -0.361. The Balaban J connectivity index is 1.69. The number of hydrogen-bond donors (Lipinski definition) is 1. The van der Waals surface area contributed by atoms with Gasteiger partial charge in [-0.2, -0.15) is 10.2 Å². The van der Waals surface area contributed by atoms with E-state index in [1.54, 1.807) is 24.8 Å². The van der Waals surface area contributed by atoms with Crippen LogP contribution in [0.4, 0.5) is 0 Å². The van der Waals surface area contributed by atoms with Crippen LogP contribution in [0.15, 0.2) is 16.9 Å². The molecule has 1 atom stereocenters. The van der Waals surface area contributed by atoms with Crippen molar-refractivity contribution >= 4 is 5.91 Å². The third-order valence-corrected chi connectivity index (χ3v) is 3.61. The average Bonchev–Trinajstić information content (AvgIpc) is 2.97. The summed E-state index contributed by atoms with van der Waals surface area (Å²) in [5.74, 6) is 1.05. The highest BCUT2D eigenvalue weighted by atomic mass is 16.5. The van der Waals surface area contributed by atoms with E-state index in [0.29, 0.717) is 37.0 Å². The van der Waals surface area contributed by atoms with E-state index in [1.165, 1.54) is 10.7 Å². The number of H-pyrrole nitrogens is 1. The van der Waals surface area contributed by atoms with Crippen LogP contribution in [0.1, 0.15) is 23.4 Å². The summed E-state index contributed by atoms with van der Waals surface area (Å²) < 4.78 is 6.81. The smallest absolute Gasteiger partial charge is 0.267 e. The molecule has 2 aromatic heterocycles. The normalized spacial score (nSPS) is 18.2. The van der Waals surface area contributed by atoms with Crippen LogP contribution < -0.4 is 5.56 Å². The molecule has 1 N–H and O–H groups in total. The van der Waals surface area contributed by atoms with Crippen molar-refractivity contribution < 1.29 is 9.53 Å². The lowest BCUT2D eigenvalue weighted by Crippen LogP contribution is -2.45. The van der Waals surface area contributed by atoms with Crippen LogP contribution in [0, 0.1) is 13.8 Å². The second kappa shape index (κ2) is 6.29. The van der Waals surface area contributed by atoms with Crippen molar-refractivity contribution in [3.8, 4) is 0 Å². The van der Waals surface area contributed by atoms with Gasteiger partial charge in [-0.1, -0.05) is 0 Å². The lowest BCUT2D eigenvalue weighted by atomic mass is 10.2. The number of nitrogens with one attached hydrogen (secondary N) is 1. The predicted octanol–water partition coefficient (Wildman–Crippen LogP) is -0.422. The minimum absolute atomic E-state index is 0.0831. The minimum Gasteiger partial charge on any atom is -0.366 e. The van der Waals surface area contributed by atoms with E-state index in [9.17, 15) is 9.59 Å². The van der Waals surface area contributed by atoms with Gasteiger partial charge in [0, 0.05) is 12.6 Å². The second-order valence-corrected chi connectivity index (χ2v) is 5.45. The fraction of sp³-hybridized carbons (Fsp3) is 0.500. The molecule has 0 bridgehead atoms. The van der Waals surface area contributed by atoms with Crippen LogP contribution in [0.25, 0.3) is 0 Å². The predicted molar refractivity (Wildman–Crippen MR) is 79.6 cm³/mol. The molecule has 1 aliphatic heterocycles. The maximum atomic E-state index is 12.4. The molecule has 122 valence electrons. The molecule has 0 saturated carbocycles. The first-order valence-electron chi connectivity index (χ1n) is 7.36. The van der Waals surface area contributed by atoms with Crippen molar-refractivity contribution in [2.45, 2.75) is 26.5 Å². The number of aromatic amines is 1. The first kappa shape index (κ1) is 15.3. The molecule has 3 rings (SSSR count). The molecule has 23 heavy (non-hydrogen) atoms. The molecule has 0 aromatic carbocycles. The van der Waals surface area contributed by atoms with Gasteiger partial charge in [0.25, 0.3) is 5.56 Å². The lowest BCUT2D eigenvalue weighted by Gasteiger charge is -2.31. The molecule has 0 unspecified atom stereocenters. The third kappa shape index (κ3) is 3.45. The van der Waals surface area contributed by atoms with Gasteiger partial charge in [-0.25, -0.2) is 9.67 Å². The molecule has 0 radical (unpaired) electrons. The van der Waals surface area contributed by atoms with E-state index in [2.05, 4.69) is 20.3 Å². The Bertz CT molecular complexity index is 768. The van der Waals surface area contributed by atoms with E-state index in [4.69, 9.17) is 4.74 Å². The van der Waals surface area contributed by atoms with Crippen LogP contribution in [0.3, 0.4) is 0 Å².